The number of carbonyl (C=O) groups is 1. The summed E-state index contributed by atoms with van der Waals surface area (Å²) in [5.41, 5.74) is 0.896. The van der Waals surface area contributed by atoms with Crippen molar-refractivity contribution in [2.75, 3.05) is 31.0 Å². The third-order valence-corrected chi connectivity index (χ3v) is 8.27. The van der Waals surface area contributed by atoms with Crippen molar-refractivity contribution in [2.24, 2.45) is 5.92 Å². The first kappa shape index (κ1) is 23.8. The number of fused-ring (bicyclic) bond motifs is 3. The van der Waals surface area contributed by atoms with Crippen molar-refractivity contribution in [2.45, 2.75) is 43.3 Å². The summed E-state index contributed by atoms with van der Waals surface area (Å²) < 4.78 is 59.8. The molecule has 0 bridgehead atoms. The number of hydrogen-bond donors (Lipinski definition) is 2. The van der Waals surface area contributed by atoms with Crippen LogP contribution in [0.25, 0.3) is 0 Å². The van der Waals surface area contributed by atoms with Crippen LogP contribution < -0.4 is 14.2 Å². The Balaban J connectivity index is 1.42. The van der Waals surface area contributed by atoms with E-state index in [1.54, 1.807) is 6.07 Å². The van der Waals surface area contributed by atoms with E-state index in [9.17, 15) is 22.7 Å². The fraction of sp³-hybridized carbons (Fsp3) is 0.458. The minimum atomic E-state index is -4.25. The largest absolute Gasteiger partial charge is 0.511 e. The Hall–Kier alpha value is -2.89. The van der Waals surface area contributed by atoms with Gasteiger partial charge in [0.05, 0.1) is 29.9 Å². The van der Waals surface area contributed by atoms with E-state index in [0.29, 0.717) is 12.5 Å². The second kappa shape index (κ2) is 9.29. The normalized spacial score (nSPS) is 23.2. The number of likely N-dealkylation sites (N-methyl/N-ethyl adjacent to an activating group) is 1. The SMILES string of the molecule is CCN1CC[C@H](OCc2cc(F)ccc2S(=O)(=O)Nc2ccc3c(c2OC(=O)O)OC[C@@H]2C[C@H]32)C1. The second-order valence-corrected chi connectivity index (χ2v) is 10.8. The van der Waals surface area contributed by atoms with Crippen molar-refractivity contribution in [3.05, 3.63) is 47.3 Å². The number of benzene rings is 2. The zero-order chi connectivity index (χ0) is 24.7. The predicted octanol–water partition coefficient (Wildman–Crippen LogP) is 3.79. The van der Waals surface area contributed by atoms with Crippen molar-refractivity contribution in [3.63, 3.8) is 0 Å². The molecule has 2 heterocycles. The number of ether oxygens (including phenoxy) is 3. The van der Waals surface area contributed by atoms with Gasteiger partial charge in [0, 0.05) is 30.1 Å². The molecule has 1 saturated carbocycles. The standard InChI is InChI=1S/C24H27FN2O7S/c1-2-27-8-7-17(11-27)32-13-15-9-16(25)3-6-21(15)35(30,31)26-20-5-4-18-19-10-14(19)12-33-22(18)23(20)34-24(28)29/h3-6,9,14,17,19,26H,2,7-8,10-13H2,1H3,(H,28,29)/t14-,17-,19-/m0/s1. The van der Waals surface area contributed by atoms with Gasteiger partial charge in [0.25, 0.3) is 10.0 Å². The van der Waals surface area contributed by atoms with Crippen LogP contribution in [0.2, 0.25) is 0 Å². The van der Waals surface area contributed by atoms with Gasteiger partial charge in [-0.05, 0) is 49.6 Å². The molecule has 0 amide bonds. The summed E-state index contributed by atoms with van der Waals surface area (Å²) in [6.45, 7) is 4.92. The Morgan fingerprint density at radius 3 is 2.89 bits per heavy atom. The summed E-state index contributed by atoms with van der Waals surface area (Å²) in [7, 11) is -4.25. The lowest BCUT2D eigenvalue weighted by Crippen LogP contribution is -2.23. The van der Waals surface area contributed by atoms with E-state index < -0.39 is 22.0 Å². The molecule has 0 spiro atoms. The zero-order valence-electron chi connectivity index (χ0n) is 19.2. The van der Waals surface area contributed by atoms with E-state index in [-0.39, 0.29) is 46.3 Å². The van der Waals surface area contributed by atoms with Crippen LogP contribution in [0, 0.1) is 11.7 Å². The first-order chi connectivity index (χ1) is 16.7. The van der Waals surface area contributed by atoms with Gasteiger partial charge in [0.15, 0.2) is 5.75 Å². The molecule has 1 saturated heterocycles. The zero-order valence-corrected chi connectivity index (χ0v) is 20.0. The average molecular weight is 507 g/mol. The Morgan fingerprint density at radius 1 is 1.31 bits per heavy atom. The minimum Gasteiger partial charge on any atom is -0.489 e. The Morgan fingerprint density at radius 2 is 2.14 bits per heavy atom. The van der Waals surface area contributed by atoms with Gasteiger partial charge in [-0.1, -0.05) is 13.0 Å². The Bertz CT molecular complexity index is 1250. The van der Waals surface area contributed by atoms with E-state index in [2.05, 4.69) is 16.5 Å². The maximum Gasteiger partial charge on any atom is 0.511 e. The Kier molecular flexibility index (Phi) is 6.32. The summed E-state index contributed by atoms with van der Waals surface area (Å²) in [5, 5.41) is 9.25. The molecular weight excluding hydrogens is 479 g/mol. The van der Waals surface area contributed by atoms with Gasteiger partial charge >= 0.3 is 6.16 Å². The number of anilines is 1. The molecule has 188 valence electrons. The quantitative estimate of drug-likeness (QED) is 0.411. The first-order valence-corrected chi connectivity index (χ1v) is 13.1. The fourth-order valence-corrected chi connectivity index (χ4v) is 6.11. The van der Waals surface area contributed by atoms with Gasteiger partial charge in [0.1, 0.15) is 5.82 Å². The van der Waals surface area contributed by atoms with Crippen LogP contribution in [-0.2, 0) is 21.4 Å². The van der Waals surface area contributed by atoms with Crippen molar-refractivity contribution in [1.82, 2.24) is 4.90 Å². The first-order valence-electron chi connectivity index (χ1n) is 11.6. The van der Waals surface area contributed by atoms with E-state index in [1.165, 1.54) is 12.1 Å². The van der Waals surface area contributed by atoms with Crippen molar-refractivity contribution in [1.29, 1.82) is 0 Å². The third-order valence-electron chi connectivity index (χ3n) is 6.80. The number of likely N-dealkylation sites (tertiary alicyclic amines) is 1. The van der Waals surface area contributed by atoms with Crippen LogP contribution in [0.3, 0.4) is 0 Å². The molecule has 11 heteroatoms. The van der Waals surface area contributed by atoms with Gasteiger partial charge in [-0.3, -0.25) is 4.72 Å². The topological polar surface area (TPSA) is 114 Å². The maximum absolute atomic E-state index is 14.0. The van der Waals surface area contributed by atoms with Crippen LogP contribution >= 0.6 is 0 Å². The lowest BCUT2D eigenvalue weighted by Gasteiger charge is -2.22. The van der Waals surface area contributed by atoms with Crippen LogP contribution in [0.1, 0.15) is 36.8 Å². The maximum atomic E-state index is 14.0. The molecule has 0 radical (unpaired) electrons. The highest BCUT2D eigenvalue weighted by atomic mass is 32.2. The highest BCUT2D eigenvalue weighted by Crippen LogP contribution is 2.57. The molecule has 2 aromatic rings. The van der Waals surface area contributed by atoms with E-state index in [1.807, 2.05) is 0 Å². The van der Waals surface area contributed by atoms with Crippen LogP contribution in [0.4, 0.5) is 14.9 Å². The predicted molar refractivity (Wildman–Crippen MR) is 124 cm³/mol. The summed E-state index contributed by atoms with van der Waals surface area (Å²) in [5.74, 6) is 0.0831. The smallest absolute Gasteiger partial charge is 0.489 e. The highest BCUT2D eigenvalue weighted by molar-refractivity contribution is 7.92. The number of halogens is 1. The molecule has 2 aliphatic heterocycles. The molecule has 9 nitrogen and oxygen atoms in total. The number of nitrogens with one attached hydrogen (secondary N) is 1. The van der Waals surface area contributed by atoms with Crippen LogP contribution in [0.15, 0.2) is 35.2 Å². The number of carboxylic acid groups (broad SMARTS) is 1. The summed E-state index contributed by atoms with van der Waals surface area (Å²) in [6.07, 6.45) is 0.0898. The summed E-state index contributed by atoms with van der Waals surface area (Å²) >= 11 is 0. The fourth-order valence-electron chi connectivity index (χ4n) is 4.84. The molecule has 35 heavy (non-hydrogen) atoms. The van der Waals surface area contributed by atoms with Crippen molar-refractivity contribution >= 4 is 21.9 Å². The third kappa shape index (κ3) is 4.93. The molecule has 0 aromatic heterocycles. The monoisotopic (exact) mass is 506 g/mol. The molecule has 2 fully saturated rings. The molecule has 3 aliphatic rings. The number of nitrogens with zero attached hydrogens (tertiary/aromatic N) is 1. The van der Waals surface area contributed by atoms with Crippen LogP contribution in [0.5, 0.6) is 11.5 Å². The van der Waals surface area contributed by atoms with E-state index >= 15 is 0 Å². The van der Waals surface area contributed by atoms with Gasteiger partial charge < -0.3 is 24.2 Å². The van der Waals surface area contributed by atoms with Gasteiger partial charge in [-0.2, -0.15) is 0 Å². The van der Waals surface area contributed by atoms with E-state index in [0.717, 1.165) is 50.2 Å². The Labute approximate surface area is 202 Å². The summed E-state index contributed by atoms with van der Waals surface area (Å²) in [4.78, 5) is 13.4. The van der Waals surface area contributed by atoms with Gasteiger partial charge in [-0.25, -0.2) is 17.6 Å². The van der Waals surface area contributed by atoms with Crippen LogP contribution in [-0.4, -0.2) is 56.9 Å². The second-order valence-electron chi connectivity index (χ2n) is 9.11. The number of sulfonamides is 1. The molecule has 2 aromatic carbocycles. The molecule has 5 rings (SSSR count). The lowest BCUT2D eigenvalue weighted by molar-refractivity contribution is 0.0457. The molecule has 3 atom stereocenters. The highest BCUT2D eigenvalue weighted by Gasteiger charge is 2.45. The molecule has 0 unspecified atom stereocenters. The minimum absolute atomic E-state index is 0.0682. The van der Waals surface area contributed by atoms with Gasteiger partial charge in [0.2, 0.25) is 5.75 Å². The molecule has 1 aliphatic carbocycles. The van der Waals surface area contributed by atoms with Crippen molar-refractivity contribution in [3.8, 4) is 11.5 Å². The average Bonchev–Trinajstić information content (AvgIpc) is 3.47. The summed E-state index contributed by atoms with van der Waals surface area (Å²) in [6, 6.07) is 6.56. The van der Waals surface area contributed by atoms with Gasteiger partial charge in [-0.15, -0.1) is 0 Å². The molecule has 2 N–H and O–H groups in total. The number of hydrogen-bond acceptors (Lipinski definition) is 7. The van der Waals surface area contributed by atoms with E-state index in [4.69, 9.17) is 14.2 Å². The van der Waals surface area contributed by atoms with Crippen molar-refractivity contribution < 1.29 is 36.9 Å². The lowest BCUT2D eigenvalue weighted by atomic mass is 10.0. The number of rotatable bonds is 8. The molecular formula is C24H27FN2O7S.